The van der Waals surface area contributed by atoms with E-state index in [2.05, 4.69) is 10.5 Å². The minimum absolute atomic E-state index is 0.00369. The number of oxime groups is 1. The Morgan fingerprint density at radius 3 is 3.00 bits per heavy atom. The number of nitrogens with one attached hydrogen (secondary N) is 1. The minimum atomic E-state index is -0.200. The number of hydrogen-bond donors (Lipinski definition) is 2. The van der Waals surface area contributed by atoms with Crippen LogP contribution in [0.2, 0.25) is 0 Å². The van der Waals surface area contributed by atoms with Crippen molar-refractivity contribution in [2.75, 3.05) is 19.6 Å². The van der Waals surface area contributed by atoms with Gasteiger partial charge < -0.3 is 19.6 Å². The summed E-state index contributed by atoms with van der Waals surface area (Å²) in [4.78, 5) is 19.6. The Morgan fingerprint density at radius 2 is 2.35 bits per heavy atom. The average Bonchev–Trinajstić information content (AvgIpc) is 2.97. The summed E-state index contributed by atoms with van der Waals surface area (Å²) in [6.45, 7) is 2.26. The molecule has 9 heteroatoms. The van der Waals surface area contributed by atoms with Crippen LogP contribution in [0, 0.1) is 0 Å². The first-order valence-corrected chi connectivity index (χ1v) is 7.46. The molecule has 2 atom stereocenters. The van der Waals surface area contributed by atoms with Crippen molar-refractivity contribution < 1.29 is 18.5 Å². The number of fused-ring (bicyclic) bond motifs is 2. The van der Waals surface area contributed by atoms with E-state index in [4.69, 9.17) is 13.7 Å². The van der Waals surface area contributed by atoms with Gasteiger partial charge in [0.05, 0.1) is 17.8 Å². The Morgan fingerprint density at radius 1 is 1.50 bits per heavy atom. The van der Waals surface area contributed by atoms with Crippen LogP contribution in [0.15, 0.2) is 5.16 Å². The lowest BCUT2D eigenvalue weighted by molar-refractivity contribution is -0.0559. The highest BCUT2D eigenvalue weighted by molar-refractivity contribution is 7.88. The monoisotopic (exact) mass is 300 g/mol. The quantitative estimate of drug-likeness (QED) is 0.735. The van der Waals surface area contributed by atoms with Gasteiger partial charge in [-0.05, 0) is 12.8 Å². The standard InChI is InChI=1S/C11H16N4O4S/c16-10-14-4-7(15(10)19-20-17)1-2-9(14)8-3-11(18-13-8)5-12-6-11/h7,9,12,17H,1-6H2/t7?,9-/m0/s1. The second-order valence-electron chi connectivity index (χ2n) is 5.79. The SMILES string of the molecule is O=C1N(OSO)C2CC[C@@H](C3=NOC4(CNC4)C3)N1C2. The molecule has 0 aliphatic carbocycles. The van der Waals surface area contributed by atoms with Gasteiger partial charge in [-0.15, -0.1) is 0 Å². The second-order valence-corrected chi connectivity index (χ2v) is 6.09. The number of piperidine rings is 1. The molecule has 2 bridgehead atoms. The van der Waals surface area contributed by atoms with Crippen LogP contribution in [-0.2, 0) is 9.12 Å². The molecule has 4 rings (SSSR count). The molecule has 20 heavy (non-hydrogen) atoms. The Balaban J connectivity index is 1.49. The van der Waals surface area contributed by atoms with Crippen molar-refractivity contribution in [2.24, 2.45) is 5.16 Å². The lowest BCUT2D eigenvalue weighted by Crippen LogP contribution is -2.60. The summed E-state index contributed by atoms with van der Waals surface area (Å²) in [5.74, 6) is 0. The van der Waals surface area contributed by atoms with Crippen molar-refractivity contribution in [3.05, 3.63) is 0 Å². The zero-order valence-electron chi connectivity index (χ0n) is 10.8. The number of carbonyl (C=O) groups excluding carboxylic acids is 1. The second kappa shape index (κ2) is 4.48. The van der Waals surface area contributed by atoms with Crippen LogP contribution in [0.5, 0.6) is 0 Å². The number of carbonyl (C=O) groups is 1. The first-order valence-electron chi connectivity index (χ1n) is 6.76. The molecule has 1 spiro atoms. The molecule has 0 radical (unpaired) electrons. The van der Waals surface area contributed by atoms with Crippen molar-refractivity contribution in [2.45, 2.75) is 36.9 Å². The molecule has 4 heterocycles. The lowest BCUT2D eigenvalue weighted by Gasteiger charge is -2.37. The summed E-state index contributed by atoms with van der Waals surface area (Å²) in [6.07, 6.45) is 2.49. The molecular formula is C11H16N4O4S. The topological polar surface area (TPSA) is 86.6 Å². The van der Waals surface area contributed by atoms with Gasteiger partial charge in [0.2, 0.25) is 0 Å². The number of rotatable bonds is 3. The largest absolute Gasteiger partial charge is 0.386 e. The maximum absolute atomic E-state index is 12.3. The molecule has 3 saturated heterocycles. The van der Waals surface area contributed by atoms with E-state index in [1.807, 2.05) is 0 Å². The highest BCUT2D eigenvalue weighted by atomic mass is 32.2. The van der Waals surface area contributed by atoms with Gasteiger partial charge in [0, 0.05) is 26.1 Å². The van der Waals surface area contributed by atoms with Crippen LogP contribution in [0.25, 0.3) is 0 Å². The van der Waals surface area contributed by atoms with E-state index in [1.165, 1.54) is 5.06 Å². The Kier molecular flexibility index (Phi) is 2.85. The zero-order valence-corrected chi connectivity index (χ0v) is 11.6. The van der Waals surface area contributed by atoms with Crippen molar-refractivity contribution in [3.63, 3.8) is 0 Å². The Bertz CT molecular complexity index is 469. The van der Waals surface area contributed by atoms with Crippen molar-refractivity contribution in [3.8, 4) is 0 Å². The van der Waals surface area contributed by atoms with E-state index in [9.17, 15) is 4.79 Å². The number of nitrogens with zero attached hydrogens (tertiary/aromatic N) is 3. The average molecular weight is 300 g/mol. The van der Waals surface area contributed by atoms with Gasteiger partial charge >= 0.3 is 6.03 Å². The maximum atomic E-state index is 12.3. The van der Waals surface area contributed by atoms with Crippen molar-refractivity contribution in [1.82, 2.24) is 15.3 Å². The van der Waals surface area contributed by atoms with Crippen LogP contribution in [-0.4, -0.2) is 63.6 Å². The van der Waals surface area contributed by atoms with Gasteiger partial charge in [-0.3, -0.25) is 0 Å². The van der Waals surface area contributed by atoms with Gasteiger partial charge in [-0.25, -0.2) is 4.79 Å². The molecule has 2 N–H and O–H groups in total. The highest BCUT2D eigenvalue weighted by Gasteiger charge is 2.52. The minimum Gasteiger partial charge on any atom is -0.386 e. The molecular weight excluding hydrogens is 284 g/mol. The first-order chi connectivity index (χ1) is 9.72. The Labute approximate surface area is 120 Å². The molecule has 0 aromatic rings. The van der Waals surface area contributed by atoms with E-state index in [-0.39, 0.29) is 36.0 Å². The van der Waals surface area contributed by atoms with Gasteiger partial charge in [0.25, 0.3) is 0 Å². The molecule has 4 aliphatic heterocycles. The molecule has 0 aromatic carbocycles. The third-order valence-corrected chi connectivity index (χ3v) is 4.80. The molecule has 3 fully saturated rings. The van der Waals surface area contributed by atoms with Crippen LogP contribution >= 0.6 is 12.3 Å². The van der Waals surface area contributed by atoms with Crippen LogP contribution < -0.4 is 5.32 Å². The van der Waals surface area contributed by atoms with E-state index in [0.29, 0.717) is 6.54 Å². The molecule has 1 unspecified atom stereocenters. The predicted octanol–water partition coefficient (Wildman–Crippen LogP) is 0.426. The van der Waals surface area contributed by atoms with Crippen molar-refractivity contribution >= 4 is 24.1 Å². The number of urea groups is 1. The highest BCUT2D eigenvalue weighted by Crippen LogP contribution is 2.36. The summed E-state index contributed by atoms with van der Waals surface area (Å²) in [7, 11) is 0. The van der Waals surface area contributed by atoms with Crippen LogP contribution in [0.3, 0.4) is 0 Å². The predicted molar refractivity (Wildman–Crippen MR) is 70.8 cm³/mol. The smallest absolute Gasteiger partial charge is 0.345 e. The summed E-state index contributed by atoms with van der Waals surface area (Å²) in [6, 6.07) is -0.189. The fourth-order valence-electron chi connectivity index (χ4n) is 3.43. The normalized spacial score (nSPS) is 34.2. The molecule has 110 valence electrons. The van der Waals surface area contributed by atoms with E-state index >= 15 is 0 Å². The van der Waals surface area contributed by atoms with Gasteiger partial charge in [-0.1, -0.05) is 5.16 Å². The molecule has 8 nitrogen and oxygen atoms in total. The number of hydrogen-bond acceptors (Lipinski definition) is 7. The molecule has 0 saturated carbocycles. The summed E-state index contributed by atoms with van der Waals surface area (Å²) < 4.78 is 13.7. The van der Waals surface area contributed by atoms with E-state index < -0.39 is 0 Å². The zero-order chi connectivity index (χ0) is 13.7. The van der Waals surface area contributed by atoms with Gasteiger partial charge in [0.1, 0.15) is 0 Å². The van der Waals surface area contributed by atoms with E-state index in [0.717, 1.165) is 38.1 Å². The summed E-state index contributed by atoms with van der Waals surface area (Å²) in [5.41, 5.74) is 0.781. The van der Waals surface area contributed by atoms with E-state index in [1.54, 1.807) is 4.90 Å². The fourth-order valence-corrected chi connectivity index (χ4v) is 3.69. The fraction of sp³-hybridized carbons (Fsp3) is 0.818. The number of hydroxylamine groups is 2. The Hall–Kier alpha value is -1.03. The summed E-state index contributed by atoms with van der Waals surface area (Å²) >= 11 is 0.213. The molecule has 4 aliphatic rings. The first kappa shape index (κ1) is 12.7. The van der Waals surface area contributed by atoms with Crippen LogP contribution in [0.4, 0.5) is 4.79 Å². The third-order valence-electron chi connectivity index (χ3n) is 4.58. The van der Waals surface area contributed by atoms with Crippen LogP contribution in [0.1, 0.15) is 19.3 Å². The van der Waals surface area contributed by atoms with Gasteiger partial charge in [-0.2, -0.15) is 9.35 Å². The lowest BCUT2D eigenvalue weighted by atomic mass is 9.86. The number of amides is 2. The molecule has 0 aromatic heterocycles. The van der Waals surface area contributed by atoms with Gasteiger partial charge in [0.15, 0.2) is 17.9 Å². The maximum Gasteiger partial charge on any atom is 0.345 e. The summed E-state index contributed by atoms with van der Waals surface area (Å²) in [5, 5.41) is 8.69. The molecule has 2 amide bonds. The third kappa shape index (κ3) is 1.73. The van der Waals surface area contributed by atoms with Crippen molar-refractivity contribution in [1.29, 1.82) is 0 Å².